The average molecular weight is 422 g/mol. The molecule has 3 heterocycles. The number of benzene rings is 1. The number of hydrogen-bond acceptors (Lipinski definition) is 6. The van der Waals surface area contributed by atoms with Gasteiger partial charge in [0.1, 0.15) is 17.8 Å². The molecule has 1 amide bonds. The van der Waals surface area contributed by atoms with Crippen molar-refractivity contribution in [1.29, 1.82) is 0 Å². The Balaban J connectivity index is 1.42. The van der Waals surface area contributed by atoms with Crippen LogP contribution in [-0.2, 0) is 4.74 Å². The third-order valence-corrected chi connectivity index (χ3v) is 5.85. The minimum atomic E-state index is -0.0752. The van der Waals surface area contributed by atoms with Gasteiger partial charge < -0.3 is 19.4 Å². The molecule has 2 aromatic rings. The number of hydrogen-bond donors (Lipinski definition) is 0. The zero-order valence-electron chi connectivity index (χ0n) is 15.4. The average Bonchev–Trinajstić information content (AvgIpc) is 2.76. The second-order valence-corrected chi connectivity index (χ2v) is 7.50. The summed E-state index contributed by atoms with van der Waals surface area (Å²) in [7, 11) is 0. The summed E-state index contributed by atoms with van der Waals surface area (Å²) in [4.78, 5) is 27.5. The van der Waals surface area contributed by atoms with Crippen molar-refractivity contribution in [2.24, 2.45) is 0 Å². The highest BCUT2D eigenvalue weighted by atomic mass is 35.5. The molecular formula is C19H21Cl2N5O2. The summed E-state index contributed by atoms with van der Waals surface area (Å²) in [5, 5.41) is 1.09. The molecule has 0 unspecified atom stereocenters. The first kappa shape index (κ1) is 19.2. The van der Waals surface area contributed by atoms with E-state index in [-0.39, 0.29) is 5.91 Å². The highest BCUT2D eigenvalue weighted by Crippen LogP contribution is 2.33. The van der Waals surface area contributed by atoms with Gasteiger partial charge >= 0.3 is 0 Å². The zero-order chi connectivity index (χ0) is 19.5. The van der Waals surface area contributed by atoms with Gasteiger partial charge in [-0.1, -0.05) is 29.3 Å². The molecule has 1 aromatic carbocycles. The molecule has 2 aliphatic heterocycles. The lowest BCUT2D eigenvalue weighted by Gasteiger charge is -2.36. The van der Waals surface area contributed by atoms with Crippen molar-refractivity contribution in [3.05, 3.63) is 46.3 Å². The largest absolute Gasteiger partial charge is 0.378 e. The lowest BCUT2D eigenvalue weighted by Crippen LogP contribution is -2.49. The predicted molar refractivity (Wildman–Crippen MR) is 110 cm³/mol. The summed E-state index contributed by atoms with van der Waals surface area (Å²) in [6, 6.07) is 7.38. The van der Waals surface area contributed by atoms with E-state index >= 15 is 0 Å². The summed E-state index contributed by atoms with van der Waals surface area (Å²) >= 11 is 12.4. The van der Waals surface area contributed by atoms with Gasteiger partial charge in [0.05, 0.1) is 28.9 Å². The van der Waals surface area contributed by atoms with Gasteiger partial charge in [-0.15, -0.1) is 0 Å². The number of halogens is 2. The quantitative estimate of drug-likeness (QED) is 0.758. The number of aromatic nitrogens is 2. The first-order chi connectivity index (χ1) is 13.6. The molecule has 0 atom stereocenters. The predicted octanol–water partition coefficient (Wildman–Crippen LogP) is 2.58. The van der Waals surface area contributed by atoms with E-state index in [2.05, 4.69) is 19.8 Å². The van der Waals surface area contributed by atoms with Crippen LogP contribution in [0.3, 0.4) is 0 Å². The number of carbonyl (C=O) groups is 1. The number of morpholine rings is 1. The van der Waals surface area contributed by atoms with Gasteiger partial charge in [0.25, 0.3) is 5.91 Å². The van der Waals surface area contributed by atoms with Crippen LogP contribution in [0.4, 0.5) is 11.5 Å². The minimum absolute atomic E-state index is 0.0752. The van der Waals surface area contributed by atoms with Gasteiger partial charge in [-0.2, -0.15) is 0 Å². The standard InChI is InChI=1S/C19H21Cl2N5O2/c20-14-2-1-3-16(18(14)21)24-4-6-26(7-5-24)19(27)15-12-17(23-13-22-15)25-8-10-28-11-9-25/h1-3,12-13H,4-11H2. The second-order valence-electron chi connectivity index (χ2n) is 6.71. The molecule has 0 N–H and O–H groups in total. The molecule has 148 valence electrons. The Hall–Kier alpha value is -2.09. The molecule has 9 heteroatoms. The van der Waals surface area contributed by atoms with Crippen LogP contribution in [0.1, 0.15) is 10.5 Å². The van der Waals surface area contributed by atoms with Crippen molar-refractivity contribution in [2.45, 2.75) is 0 Å². The molecule has 4 rings (SSSR count). The summed E-state index contributed by atoms with van der Waals surface area (Å²) in [5.41, 5.74) is 1.32. The van der Waals surface area contributed by atoms with E-state index < -0.39 is 0 Å². The highest BCUT2D eigenvalue weighted by molar-refractivity contribution is 6.43. The lowest BCUT2D eigenvalue weighted by atomic mass is 10.2. The molecule has 0 spiro atoms. The topological polar surface area (TPSA) is 61.8 Å². The van der Waals surface area contributed by atoms with E-state index in [0.29, 0.717) is 55.1 Å². The third-order valence-electron chi connectivity index (χ3n) is 5.05. The fourth-order valence-electron chi connectivity index (χ4n) is 3.48. The van der Waals surface area contributed by atoms with Crippen molar-refractivity contribution in [3.63, 3.8) is 0 Å². The van der Waals surface area contributed by atoms with Crippen molar-refractivity contribution in [1.82, 2.24) is 14.9 Å². The van der Waals surface area contributed by atoms with Gasteiger partial charge in [0.2, 0.25) is 0 Å². The SMILES string of the molecule is O=C(c1cc(N2CCOCC2)ncn1)N1CCN(c2cccc(Cl)c2Cl)CC1. The van der Waals surface area contributed by atoms with Crippen LogP contribution in [0.5, 0.6) is 0 Å². The molecule has 2 fully saturated rings. The summed E-state index contributed by atoms with van der Waals surface area (Å²) in [5.74, 6) is 0.694. The van der Waals surface area contributed by atoms with Crippen molar-refractivity contribution in [2.75, 3.05) is 62.3 Å². The van der Waals surface area contributed by atoms with Gasteiger partial charge in [-0.05, 0) is 12.1 Å². The first-order valence-electron chi connectivity index (χ1n) is 9.26. The fourth-order valence-corrected chi connectivity index (χ4v) is 3.89. The maximum absolute atomic E-state index is 12.9. The molecule has 2 aliphatic rings. The molecule has 7 nitrogen and oxygen atoms in total. The summed E-state index contributed by atoms with van der Waals surface area (Å²) in [6.07, 6.45) is 1.46. The van der Waals surface area contributed by atoms with E-state index in [1.54, 1.807) is 12.1 Å². The smallest absolute Gasteiger partial charge is 0.272 e. The first-order valence-corrected chi connectivity index (χ1v) is 10.0. The van der Waals surface area contributed by atoms with Crippen molar-refractivity contribution in [3.8, 4) is 0 Å². The number of ether oxygens (including phenoxy) is 1. The Morgan fingerprint density at radius 3 is 2.46 bits per heavy atom. The Kier molecular flexibility index (Phi) is 5.85. The van der Waals surface area contributed by atoms with E-state index in [1.165, 1.54) is 6.33 Å². The maximum atomic E-state index is 12.9. The van der Waals surface area contributed by atoms with Crippen LogP contribution in [0, 0.1) is 0 Å². The van der Waals surface area contributed by atoms with Crippen LogP contribution < -0.4 is 9.80 Å². The van der Waals surface area contributed by atoms with E-state index in [9.17, 15) is 4.79 Å². The maximum Gasteiger partial charge on any atom is 0.272 e. The van der Waals surface area contributed by atoms with E-state index in [4.69, 9.17) is 27.9 Å². The van der Waals surface area contributed by atoms with Crippen LogP contribution >= 0.6 is 23.2 Å². The van der Waals surface area contributed by atoms with Crippen LogP contribution in [0.15, 0.2) is 30.6 Å². The van der Waals surface area contributed by atoms with Gasteiger partial charge in [0, 0.05) is 45.3 Å². The van der Waals surface area contributed by atoms with Gasteiger partial charge in [0.15, 0.2) is 0 Å². The normalized spacial score (nSPS) is 17.7. The number of rotatable bonds is 3. The Labute approximate surface area is 173 Å². The van der Waals surface area contributed by atoms with Gasteiger partial charge in [-0.3, -0.25) is 4.79 Å². The Morgan fingerprint density at radius 1 is 0.964 bits per heavy atom. The van der Waals surface area contributed by atoms with E-state index in [0.717, 1.165) is 24.6 Å². The summed E-state index contributed by atoms with van der Waals surface area (Å²) in [6.45, 7) is 5.44. The highest BCUT2D eigenvalue weighted by Gasteiger charge is 2.25. The third kappa shape index (κ3) is 4.01. The number of piperazine rings is 1. The zero-order valence-corrected chi connectivity index (χ0v) is 16.9. The van der Waals surface area contributed by atoms with Crippen molar-refractivity contribution < 1.29 is 9.53 Å². The molecular weight excluding hydrogens is 401 g/mol. The minimum Gasteiger partial charge on any atom is -0.378 e. The number of carbonyl (C=O) groups excluding carboxylic acids is 1. The van der Waals surface area contributed by atoms with Crippen LogP contribution in [0.2, 0.25) is 10.0 Å². The Bertz CT molecular complexity index is 852. The molecule has 0 saturated carbocycles. The number of nitrogens with zero attached hydrogens (tertiary/aromatic N) is 5. The second kappa shape index (κ2) is 8.51. The number of amides is 1. The molecule has 28 heavy (non-hydrogen) atoms. The summed E-state index contributed by atoms with van der Waals surface area (Å²) < 4.78 is 5.37. The lowest BCUT2D eigenvalue weighted by molar-refractivity contribution is 0.0740. The molecule has 0 radical (unpaired) electrons. The molecule has 1 aromatic heterocycles. The molecule has 0 bridgehead atoms. The van der Waals surface area contributed by atoms with Crippen LogP contribution in [0.25, 0.3) is 0 Å². The fraction of sp³-hybridized carbons (Fsp3) is 0.421. The molecule has 0 aliphatic carbocycles. The number of anilines is 2. The monoisotopic (exact) mass is 421 g/mol. The van der Waals surface area contributed by atoms with Gasteiger partial charge in [-0.25, -0.2) is 9.97 Å². The van der Waals surface area contributed by atoms with Crippen molar-refractivity contribution >= 4 is 40.6 Å². The Morgan fingerprint density at radius 2 is 1.71 bits per heavy atom. The van der Waals surface area contributed by atoms with E-state index in [1.807, 2.05) is 17.0 Å². The van der Waals surface area contributed by atoms with Crippen LogP contribution in [-0.4, -0.2) is 73.3 Å². The molecule has 2 saturated heterocycles.